The zero-order valence-corrected chi connectivity index (χ0v) is 69.6. The second-order valence-electron chi connectivity index (χ2n) is 32.3. The summed E-state index contributed by atoms with van der Waals surface area (Å²) in [5.41, 5.74) is 7.86. The van der Waals surface area contributed by atoms with E-state index in [0.29, 0.717) is 29.1 Å². The van der Waals surface area contributed by atoms with Crippen LogP contribution in [-0.2, 0) is 55.4 Å². The molecule has 13 rings (SSSR count). The zero-order chi connectivity index (χ0) is 86.8. The SMILES string of the molecule is CC#CC(O)[C@@]12CC(F)(F)[C@@H](C)[C@H](/C=C/c3ccc(C)cn3)[C@@H]1[C@@H](C)OC2=O.CC#CC(O)[C@@]12CC(F)(F)[C@@H](C)[C@H](/C=C/c3ccc(C)cn3)[C@@H]1[C@@H](C)OC2=O.CC#CC=O.CCN.Cc1ccc(/C=C/[C@@H]2[C@@H]3[C@@H](C)OC(=O)[C@@H]3CC(F)(F)[C@H]2C)nc1.Cc1ccc(/C=C/[C@@H]2[C@@H]3[C@@H](C)OC(=O)[C@]3(c3cc(C)n(C)n3)CC(F)(F)[C@H]2C)nc1. The molecule has 4 aliphatic carbocycles. The van der Waals surface area contributed by atoms with Gasteiger partial charge in [-0.1, -0.05) is 101 Å². The van der Waals surface area contributed by atoms with Gasteiger partial charge in [0.15, 0.2) is 6.29 Å². The summed E-state index contributed by atoms with van der Waals surface area (Å²) < 4.78 is 142. The number of alkyl halides is 8. The number of fused-ring (bicyclic) bond motifs is 4. The number of esters is 4. The molecule has 26 heteroatoms. The van der Waals surface area contributed by atoms with Crippen LogP contribution < -0.4 is 5.73 Å². The predicted octanol–water partition coefficient (Wildman–Crippen LogP) is 15.5. The van der Waals surface area contributed by atoms with E-state index in [1.165, 1.54) is 27.7 Å². The number of carbonyl (C=O) groups excluding carboxylic acids is 5. The number of nitrogens with zero attached hydrogens (tertiary/aromatic N) is 6. The molecule has 117 heavy (non-hydrogen) atoms. The average molecular weight is 1630 g/mol. The summed E-state index contributed by atoms with van der Waals surface area (Å²) in [4.78, 5) is 76.7. The fourth-order valence-corrected chi connectivity index (χ4v) is 18.2. The molecule has 8 fully saturated rings. The van der Waals surface area contributed by atoms with Crippen molar-refractivity contribution < 1.29 is 88.3 Å². The van der Waals surface area contributed by atoms with E-state index >= 15 is 8.78 Å². The lowest BCUT2D eigenvalue weighted by Gasteiger charge is -2.48. The Labute approximate surface area is 681 Å². The van der Waals surface area contributed by atoms with E-state index in [1.807, 2.05) is 90.1 Å². The first-order chi connectivity index (χ1) is 54.9. The van der Waals surface area contributed by atoms with E-state index in [1.54, 1.807) is 140 Å². The Morgan fingerprint density at radius 3 is 1.17 bits per heavy atom. The monoisotopic (exact) mass is 1630 g/mol. The van der Waals surface area contributed by atoms with Crippen LogP contribution in [0, 0.1) is 158 Å². The van der Waals surface area contributed by atoms with Crippen LogP contribution in [0.2, 0.25) is 0 Å². The third kappa shape index (κ3) is 19.5. The molecule has 22 atom stereocenters. The second kappa shape index (κ2) is 37.9. The molecule has 4 saturated heterocycles. The molecule has 4 saturated carbocycles. The molecule has 0 radical (unpaired) electrons. The molecule has 9 heterocycles. The van der Waals surface area contributed by atoms with E-state index in [9.17, 15) is 60.5 Å². The Kier molecular flexibility index (Phi) is 30.1. The number of carbonyl (C=O) groups is 5. The normalized spacial score (nSPS) is 32.6. The van der Waals surface area contributed by atoms with Crippen molar-refractivity contribution in [3.05, 3.63) is 160 Å². The number of aryl methyl sites for hydroxylation is 6. The molecule has 0 spiro atoms. The summed E-state index contributed by atoms with van der Waals surface area (Å²) in [6.45, 7) is 29.9. The number of aldehydes is 1. The number of cyclic esters (lactones) is 4. The van der Waals surface area contributed by atoms with Crippen LogP contribution in [0.1, 0.15) is 165 Å². The number of rotatable bonds is 11. The number of aliphatic hydroxyl groups excluding tert-OH is 2. The molecular formula is C91H109F8N7O11. The molecule has 0 aromatic carbocycles. The van der Waals surface area contributed by atoms with E-state index in [2.05, 4.69) is 60.6 Å². The number of allylic oxidation sites excluding steroid dienone is 4. The highest BCUT2D eigenvalue weighted by Gasteiger charge is 2.73. The smallest absolute Gasteiger partial charge is 0.319 e. The molecule has 18 nitrogen and oxygen atoms in total. The van der Waals surface area contributed by atoms with Gasteiger partial charge in [-0.3, -0.25) is 48.6 Å². The molecule has 5 aromatic heterocycles. The summed E-state index contributed by atoms with van der Waals surface area (Å²) in [5.74, 6) is -8.88. The fraction of sp³-hybridized carbons (Fsp3) is 0.538. The van der Waals surface area contributed by atoms with Crippen molar-refractivity contribution in [2.45, 2.75) is 209 Å². The van der Waals surface area contributed by atoms with Gasteiger partial charge in [0.2, 0.25) is 0 Å². The van der Waals surface area contributed by atoms with Gasteiger partial charge in [0, 0.05) is 111 Å². The Morgan fingerprint density at radius 1 is 0.504 bits per heavy atom. The summed E-state index contributed by atoms with van der Waals surface area (Å²) in [5, 5.41) is 25.7. The molecule has 5 aromatic rings. The largest absolute Gasteiger partial charge is 0.462 e. The van der Waals surface area contributed by atoms with Gasteiger partial charge in [-0.2, -0.15) is 5.10 Å². The highest BCUT2D eigenvalue weighted by Crippen LogP contribution is 2.64. The van der Waals surface area contributed by atoms with Crippen LogP contribution in [0.15, 0.2) is 104 Å². The molecule has 4 N–H and O–H groups in total. The number of halogens is 8. The maximum Gasteiger partial charge on any atom is 0.319 e. The summed E-state index contributed by atoms with van der Waals surface area (Å²) >= 11 is 0. The third-order valence-electron chi connectivity index (χ3n) is 24.6. The number of ether oxygens (including phenoxy) is 4. The van der Waals surface area contributed by atoms with Crippen LogP contribution in [0.4, 0.5) is 35.1 Å². The minimum absolute atomic E-state index is 0.196. The van der Waals surface area contributed by atoms with Gasteiger partial charge >= 0.3 is 23.9 Å². The van der Waals surface area contributed by atoms with E-state index in [4.69, 9.17) is 24.7 Å². The van der Waals surface area contributed by atoms with Crippen molar-refractivity contribution in [1.29, 1.82) is 0 Å². The fourth-order valence-electron chi connectivity index (χ4n) is 18.2. The molecular weight excluding hydrogens is 1520 g/mol. The van der Waals surface area contributed by atoms with E-state index in [-0.39, 0.29) is 12.0 Å². The maximum atomic E-state index is 15.3. The molecule has 4 aliphatic heterocycles. The highest BCUT2D eigenvalue weighted by molar-refractivity contribution is 5.87. The first kappa shape index (κ1) is 92.8. The first-order valence-corrected chi connectivity index (χ1v) is 39.5. The minimum atomic E-state index is -3.15. The topological polar surface area (TPSA) is 258 Å². The lowest BCUT2D eigenvalue weighted by molar-refractivity contribution is -0.184. The van der Waals surface area contributed by atoms with Crippen LogP contribution in [0.5, 0.6) is 0 Å². The van der Waals surface area contributed by atoms with Crippen molar-refractivity contribution in [1.82, 2.24) is 29.7 Å². The minimum Gasteiger partial charge on any atom is -0.462 e. The van der Waals surface area contributed by atoms with Crippen molar-refractivity contribution in [2.75, 3.05) is 6.54 Å². The number of aliphatic hydroxyl groups is 2. The van der Waals surface area contributed by atoms with Gasteiger partial charge in [0.25, 0.3) is 23.7 Å². The van der Waals surface area contributed by atoms with Crippen LogP contribution in [0.25, 0.3) is 24.3 Å². The number of hydrogen-bond acceptors (Lipinski definition) is 17. The highest BCUT2D eigenvalue weighted by atomic mass is 19.3. The Hall–Kier alpha value is -9.68. The first-order valence-electron chi connectivity index (χ1n) is 39.5. The quantitative estimate of drug-likeness (QED) is 0.0365. The van der Waals surface area contributed by atoms with Crippen LogP contribution >= 0.6 is 0 Å². The van der Waals surface area contributed by atoms with E-state index < -0.39 is 191 Å². The van der Waals surface area contributed by atoms with Crippen molar-refractivity contribution in [3.8, 4) is 35.5 Å². The standard InChI is InChI=1S/C23H27F2N3O2.2C22H25F2NO3.C18H21F2NO2.C4H4O.C2H7N/c1-13-6-7-17(26-11-13)8-9-18-15(3)23(24,25)12-22(19-10-14(2)28(5)27-19)20(18)16(4)30-21(22)29;2*1-5-6-18(26)21-12-22(23,24)14(3)17(19(21)15(4)28-20(21)27)10-9-16-8-7-13(2)11-25-16;1-10-4-5-13(21-9-10)6-7-14-11(2)18(19,20)8-15-16(14)12(3)23-17(15)22;1-2-3-4-5;1-2-3/h6-11,15-16,18,20H,12H2,1-5H3;2*7-11,14-15,17-19,26H,12H2,1-4H3;4-7,9,11-12,14-16H,8H2,1-3H3;4H,1H3;2-3H2,1H3/b9-8+;2*10-9+;7-6+;;/t15-,16+,18-,20-,22-;2*14-,15+,17-,18?,19-,21-;11-,12+,14-,15+,16-;;/m0000../s1. The molecule has 8 aliphatic rings. The summed E-state index contributed by atoms with van der Waals surface area (Å²) in [6.07, 6.45) is 13.8. The molecule has 0 amide bonds. The van der Waals surface area contributed by atoms with Gasteiger partial charge in [-0.15, -0.1) is 11.8 Å². The van der Waals surface area contributed by atoms with Crippen LogP contribution in [-0.4, -0.2) is 137 Å². The van der Waals surface area contributed by atoms with Gasteiger partial charge < -0.3 is 34.9 Å². The molecule has 0 bridgehead atoms. The Balaban J connectivity index is 0.000000189. The van der Waals surface area contributed by atoms with Crippen molar-refractivity contribution in [2.24, 2.45) is 101 Å². The predicted molar refractivity (Wildman–Crippen MR) is 428 cm³/mol. The number of hydrogen-bond donors (Lipinski definition) is 3. The van der Waals surface area contributed by atoms with Gasteiger partial charge in [-0.05, 0) is 196 Å². The van der Waals surface area contributed by atoms with Crippen LogP contribution in [0.3, 0.4) is 0 Å². The van der Waals surface area contributed by atoms with Gasteiger partial charge in [0.05, 0.1) is 34.4 Å². The number of nitrogens with two attached hydrogens (primary N) is 1. The average Bonchev–Trinajstić information content (AvgIpc) is 1.56. The summed E-state index contributed by atoms with van der Waals surface area (Å²) in [6, 6.07) is 16.7. The Bertz CT molecular complexity index is 4490. The van der Waals surface area contributed by atoms with Crippen molar-refractivity contribution >= 4 is 54.5 Å². The Morgan fingerprint density at radius 2 is 0.846 bits per heavy atom. The zero-order valence-electron chi connectivity index (χ0n) is 69.6. The van der Waals surface area contributed by atoms with Gasteiger partial charge in [-0.25, -0.2) is 35.1 Å². The van der Waals surface area contributed by atoms with Gasteiger partial charge in [0.1, 0.15) is 52.9 Å². The van der Waals surface area contributed by atoms with E-state index in [0.717, 1.165) is 40.2 Å². The number of pyridine rings is 4. The second-order valence-corrected chi connectivity index (χ2v) is 32.3. The number of aromatic nitrogens is 6. The molecule has 630 valence electrons. The lowest BCUT2D eigenvalue weighted by atomic mass is 9.54. The lowest BCUT2D eigenvalue weighted by Crippen LogP contribution is -2.58. The summed E-state index contributed by atoms with van der Waals surface area (Å²) in [7, 11) is 1.75. The van der Waals surface area contributed by atoms with Crippen molar-refractivity contribution in [3.63, 3.8) is 0 Å². The maximum absolute atomic E-state index is 15.3. The molecule has 2 unspecified atom stereocenters. The third-order valence-corrected chi connectivity index (χ3v) is 24.6.